The normalized spacial score (nSPS) is 18.4. The summed E-state index contributed by atoms with van der Waals surface area (Å²) in [5, 5.41) is 0. The molecule has 0 aromatic heterocycles. The maximum atomic E-state index is 12.4. The summed E-state index contributed by atoms with van der Waals surface area (Å²) >= 11 is 0. The third-order valence-corrected chi connectivity index (χ3v) is 5.86. The second-order valence-electron chi connectivity index (χ2n) is 8.36. The molecule has 170 valence electrons. The first-order valence-corrected chi connectivity index (χ1v) is 11.2. The van der Waals surface area contributed by atoms with Crippen LogP contribution in [0.1, 0.15) is 66.9 Å². The predicted molar refractivity (Wildman–Crippen MR) is 127 cm³/mol. The van der Waals surface area contributed by atoms with Crippen molar-refractivity contribution in [3.05, 3.63) is 65.2 Å². The molecule has 0 unspecified atom stereocenters. The van der Waals surface area contributed by atoms with Gasteiger partial charge < -0.3 is 20.9 Å². The van der Waals surface area contributed by atoms with Crippen LogP contribution >= 0.6 is 0 Å². The number of carbonyl (C=O) groups is 2. The first kappa shape index (κ1) is 23.4. The molecule has 2 aromatic carbocycles. The molecule has 6 heteroatoms. The van der Waals surface area contributed by atoms with Crippen LogP contribution in [0.25, 0.3) is 6.08 Å². The zero-order valence-corrected chi connectivity index (χ0v) is 18.6. The van der Waals surface area contributed by atoms with Crippen molar-refractivity contribution in [2.24, 2.45) is 5.92 Å². The van der Waals surface area contributed by atoms with Crippen molar-refractivity contribution in [2.45, 2.75) is 58.2 Å². The first-order chi connectivity index (χ1) is 15.4. The predicted octanol–water partition coefficient (Wildman–Crippen LogP) is 5.12. The van der Waals surface area contributed by atoms with Crippen LogP contribution in [-0.4, -0.2) is 18.0 Å². The van der Waals surface area contributed by atoms with Crippen LogP contribution in [0.3, 0.4) is 0 Å². The fourth-order valence-corrected chi connectivity index (χ4v) is 4.01. The standard InChI is InChI=1S/C26H32N2O4/c1-2-3-18-6-12-23(13-7-18)32-26(30)20-9-4-19(5-10-20)8-15-25(29)31-17-21-16-22(27)11-14-24(21)28/h4-5,8-11,14-16,18,23H,2-3,6-7,12-13,17,27-28H2,1H3. The van der Waals surface area contributed by atoms with Crippen molar-refractivity contribution < 1.29 is 19.1 Å². The van der Waals surface area contributed by atoms with Crippen molar-refractivity contribution in [1.82, 2.24) is 0 Å². The number of nitrogen functional groups attached to an aromatic ring is 2. The van der Waals surface area contributed by atoms with Gasteiger partial charge in [0.2, 0.25) is 0 Å². The van der Waals surface area contributed by atoms with Crippen molar-refractivity contribution >= 4 is 29.4 Å². The van der Waals surface area contributed by atoms with Gasteiger partial charge in [0, 0.05) is 23.0 Å². The number of hydrogen-bond acceptors (Lipinski definition) is 6. The van der Waals surface area contributed by atoms with Crippen LogP contribution in [-0.2, 0) is 20.9 Å². The van der Waals surface area contributed by atoms with Crippen LogP contribution in [0.4, 0.5) is 11.4 Å². The molecule has 32 heavy (non-hydrogen) atoms. The summed E-state index contributed by atoms with van der Waals surface area (Å²) in [4.78, 5) is 24.4. The Morgan fingerprint density at radius 1 is 1.03 bits per heavy atom. The molecule has 1 aliphatic carbocycles. The molecule has 0 aliphatic heterocycles. The highest BCUT2D eigenvalue weighted by Gasteiger charge is 2.23. The topological polar surface area (TPSA) is 105 Å². The van der Waals surface area contributed by atoms with E-state index in [2.05, 4.69) is 6.92 Å². The smallest absolute Gasteiger partial charge is 0.338 e. The van der Waals surface area contributed by atoms with Crippen molar-refractivity contribution in [3.8, 4) is 0 Å². The summed E-state index contributed by atoms with van der Waals surface area (Å²) in [7, 11) is 0. The van der Waals surface area contributed by atoms with Gasteiger partial charge in [-0.15, -0.1) is 0 Å². The van der Waals surface area contributed by atoms with E-state index in [1.807, 2.05) is 0 Å². The molecule has 0 heterocycles. The SMILES string of the molecule is CCCC1CCC(OC(=O)c2ccc(C=CC(=O)OCc3cc(N)ccc3N)cc2)CC1. The molecular weight excluding hydrogens is 404 g/mol. The number of esters is 2. The van der Waals surface area contributed by atoms with Gasteiger partial charge >= 0.3 is 11.9 Å². The van der Waals surface area contributed by atoms with Gasteiger partial charge in [-0.2, -0.15) is 0 Å². The number of nitrogens with two attached hydrogens (primary N) is 2. The summed E-state index contributed by atoms with van der Waals surface area (Å²) in [6.45, 7) is 2.26. The second kappa shape index (κ2) is 11.4. The lowest BCUT2D eigenvalue weighted by Gasteiger charge is -2.28. The average Bonchev–Trinajstić information content (AvgIpc) is 2.80. The highest BCUT2D eigenvalue weighted by molar-refractivity contribution is 5.90. The van der Waals surface area contributed by atoms with E-state index in [0.29, 0.717) is 22.5 Å². The summed E-state index contributed by atoms with van der Waals surface area (Å²) in [6.07, 6.45) is 9.62. The fraction of sp³-hybridized carbons (Fsp3) is 0.385. The minimum Gasteiger partial charge on any atom is -0.459 e. The molecule has 1 saturated carbocycles. The molecule has 4 N–H and O–H groups in total. The zero-order valence-electron chi connectivity index (χ0n) is 18.6. The van der Waals surface area contributed by atoms with Crippen LogP contribution < -0.4 is 11.5 Å². The van der Waals surface area contributed by atoms with Crippen LogP contribution in [0, 0.1) is 5.92 Å². The lowest BCUT2D eigenvalue weighted by atomic mass is 9.85. The summed E-state index contributed by atoms with van der Waals surface area (Å²) in [5.74, 6) is -0.0107. The summed E-state index contributed by atoms with van der Waals surface area (Å²) in [5.41, 5.74) is 14.6. The largest absolute Gasteiger partial charge is 0.459 e. The van der Waals surface area contributed by atoms with Gasteiger partial charge in [0.15, 0.2) is 0 Å². The molecule has 0 radical (unpaired) electrons. The Morgan fingerprint density at radius 2 is 1.75 bits per heavy atom. The van der Waals surface area contributed by atoms with Gasteiger partial charge in [-0.1, -0.05) is 31.9 Å². The van der Waals surface area contributed by atoms with E-state index in [4.69, 9.17) is 20.9 Å². The molecule has 2 aromatic rings. The van der Waals surface area contributed by atoms with Crippen molar-refractivity contribution in [3.63, 3.8) is 0 Å². The quantitative estimate of drug-likeness (QED) is 0.338. The van der Waals surface area contributed by atoms with E-state index in [-0.39, 0.29) is 18.7 Å². The van der Waals surface area contributed by atoms with Crippen LogP contribution in [0.5, 0.6) is 0 Å². The number of benzene rings is 2. The number of ether oxygens (including phenoxy) is 2. The Kier molecular flexibility index (Phi) is 8.31. The summed E-state index contributed by atoms with van der Waals surface area (Å²) < 4.78 is 10.9. The maximum Gasteiger partial charge on any atom is 0.338 e. The number of rotatable bonds is 8. The van der Waals surface area contributed by atoms with Gasteiger partial charge in [0.1, 0.15) is 12.7 Å². The second-order valence-corrected chi connectivity index (χ2v) is 8.36. The van der Waals surface area contributed by atoms with Gasteiger partial charge in [0.25, 0.3) is 0 Å². The van der Waals surface area contributed by atoms with E-state index < -0.39 is 5.97 Å². The Labute approximate surface area is 189 Å². The van der Waals surface area contributed by atoms with Crippen molar-refractivity contribution in [2.75, 3.05) is 11.5 Å². The van der Waals surface area contributed by atoms with E-state index in [0.717, 1.165) is 37.2 Å². The van der Waals surface area contributed by atoms with Crippen LogP contribution in [0.2, 0.25) is 0 Å². The van der Waals surface area contributed by atoms with Crippen molar-refractivity contribution in [1.29, 1.82) is 0 Å². The highest BCUT2D eigenvalue weighted by Crippen LogP contribution is 2.29. The third kappa shape index (κ3) is 6.87. The minimum absolute atomic E-state index is 0.0129. The number of carbonyl (C=O) groups excluding carboxylic acids is 2. The molecule has 0 saturated heterocycles. The third-order valence-electron chi connectivity index (χ3n) is 5.86. The maximum absolute atomic E-state index is 12.4. The fourth-order valence-electron chi connectivity index (χ4n) is 4.01. The van der Waals surface area contributed by atoms with Gasteiger partial charge in [-0.25, -0.2) is 9.59 Å². The van der Waals surface area contributed by atoms with Gasteiger partial charge in [0.05, 0.1) is 5.56 Å². The zero-order chi connectivity index (χ0) is 22.9. The molecule has 6 nitrogen and oxygen atoms in total. The Hall–Kier alpha value is -3.28. The molecule has 0 atom stereocenters. The number of hydrogen-bond donors (Lipinski definition) is 2. The molecule has 0 spiro atoms. The van der Waals surface area contributed by atoms with E-state index in [9.17, 15) is 9.59 Å². The Balaban J connectivity index is 1.46. The van der Waals surface area contributed by atoms with Gasteiger partial charge in [-0.3, -0.25) is 0 Å². The molecule has 0 bridgehead atoms. The monoisotopic (exact) mass is 436 g/mol. The lowest BCUT2D eigenvalue weighted by Crippen LogP contribution is -2.24. The van der Waals surface area contributed by atoms with Gasteiger partial charge in [-0.05, 0) is 73.6 Å². The Morgan fingerprint density at radius 3 is 2.44 bits per heavy atom. The summed E-state index contributed by atoms with van der Waals surface area (Å²) in [6, 6.07) is 12.0. The molecule has 0 amide bonds. The molecule has 1 aliphatic rings. The number of anilines is 2. The molecular formula is C26H32N2O4. The average molecular weight is 437 g/mol. The lowest BCUT2D eigenvalue weighted by molar-refractivity contribution is -0.138. The van der Waals surface area contributed by atoms with E-state index in [1.165, 1.54) is 18.9 Å². The van der Waals surface area contributed by atoms with Crippen LogP contribution in [0.15, 0.2) is 48.5 Å². The minimum atomic E-state index is -0.492. The highest BCUT2D eigenvalue weighted by atomic mass is 16.5. The molecule has 3 rings (SSSR count). The van der Waals surface area contributed by atoms with E-state index >= 15 is 0 Å². The van der Waals surface area contributed by atoms with E-state index in [1.54, 1.807) is 48.5 Å². The first-order valence-electron chi connectivity index (χ1n) is 11.2. The Bertz CT molecular complexity index is 945. The molecule has 1 fully saturated rings.